The predicted molar refractivity (Wildman–Crippen MR) is 77.5 cm³/mol. The van der Waals surface area contributed by atoms with Crippen LogP contribution in [-0.4, -0.2) is 37.6 Å². The lowest BCUT2D eigenvalue weighted by Gasteiger charge is -2.15. The number of nitrogens with zero attached hydrogens (tertiary/aromatic N) is 2. The normalized spacial score (nSPS) is 26.2. The molecule has 116 valence electrons. The number of hydrogen-bond donors (Lipinski definition) is 1. The lowest BCUT2D eigenvalue weighted by molar-refractivity contribution is -0.117. The van der Waals surface area contributed by atoms with Crippen molar-refractivity contribution in [1.82, 2.24) is 4.98 Å². The van der Waals surface area contributed by atoms with Crippen molar-refractivity contribution < 1.29 is 17.1 Å². The van der Waals surface area contributed by atoms with Crippen molar-refractivity contribution in [3.63, 3.8) is 0 Å². The highest BCUT2D eigenvalue weighted by atomic mass is 32.3. The highest BCUT2D eigenvalue weighted by molar-refractivity contribution is 7.86. The molecule has 1 aliphatic heterocycles. The van der Waals surface area contributed by atoms with Gasteiger partial charge >= 0.3 is 10.2 Å². The summed E-state index contributed by atoms with van der Waals surface area (Å²) in [4.78, 5) is 19.0. The molecular weight excluding hydrogens is 317 g/mol. The zero-order valence-electron chi connectivity index (χ0n) is 11.3. The fraction of sp³-hybridized carbons (Fsp3) is 0.667. The molecule has 1 aliphatic carbocycles. The number of anilines is 1. The van der Waals surface area contributed by atoms with Gasteiger partial charge in [-0.1, -0.05) is 0 Å². The van der Waals surface area contributed by atoms with Gasteiger partial charge in [0.2, 0.25) is 5.91 Å². The van der Waals surface area contributed by atoms with Crippen LogP contribution in [0.2, 0.25) is 0 Å². The van der Waals surface area contributed by atoms with E-state index < -0.39 is 21.9 Å². The molecular formula is C12H16FN3O3S2. The Labute approximate surface area is 126 Å². The predicted octanol–water partition coefficient (Wildman–Crippen LogP) is 0.611. The first-order valence-electron chi connectivity index (χ1n) is 6.78. The first-order valence-corrected chi connectivity index (χ1v) is 9.15. The number of thiazole rings is 1. The molecule has 9 heteroatoms. The van der Waals surface area contributed by atoms with E-state index in [4.69, 9.17) is 5.73 Å². The molecule has 1 amide bonds. The number of nitrogens with two attached hydrogens (primary N) is 1. The largest absolute Gasteiger partial charge is 0.327 e. The second-order valence-electron chi connectivity index (χ2n) is 5.65. The van der Waals surface area contributed by atoms with Crippen LogP contribution in [0.1, 0.15) is 23.4 Å². The number of aryl methyl sites for hydroxylation is 1. The van der Waals surface area contributed by atoms with Crippen molar-refractivity contribution in [2.45, 2.75) is 31.7 Å². The van der Waals surface area contributed by atoms with Crippen LogP contribution in [0.25, 0.3) is 0 Å². The highest BCUT2D eigenvalue weighted by Gasteiger charge is 2.35. The average molecular weight is 333 g/mol. The molecule has 1 unspecified atom stereocenters. The molecule has 0 radical (unpaired) electrons. The summed E-state index contributed by atoms with van der Waals surface area (Å²) in [6.07, 6.45) is 2.49. The van der Waals surface area contributed by atoms with Crippen LogP contribution >= 0.6 is 11.3 Å². The monoisotopic (exact) mass is 333 g/mol. The molecule has 0 saturated carbocycles. The number of aromatic nitrogens is 1. The number of rotatable bonds is 3. The third-order valence-electron chi connectivity index (χ3n) is 3.84. The average Bonchev–Trinajstić information content (AvgIpc) is 2.89. The Hall–Kier alpha value is -1.06. The molecule has 1 aromatic heterocycles. The van der Waals surface area contributed by atoms with E-state index in [0.717, 1.165) is 29.8 Å². The van der Waals surface area contributed by atoms with Gasteiger partial charge in [0, 0.05) is 29.8 Å². The summed E-state index contributed by atoms with van der Waals surface area (Å²) in [6, 6.07) is 0.129. The zero-order valence-corrected chi connectivity index (χ0v) is 12.9. The number of hydrogen-bond acceptors (Lipinski definition) is 6. The number of fused-ring (bicyclic) bond motifs is 1. The molecule has 2 atom stereocenters. The Morgan fingerprint density at radius 3 is 2.90 bits per heavy atom. The number of halogens is 1. The molecule has 1 fully saturated rings. The number of carbonyl (C=O) groups excluding carboxylic acids is 1. The summed E-state index contributed by atoms with van der Waals surface area (Å²) >= 11 is 1.43. The van der Waals surface area contributed by atoms with Crippen LogP contribution in [0.5, 0.6) is 0 Å². The van der Waals surface area contributed by atoms with Gasteiger partial charge in [0.05, 0.1) is 11.4 Å². The van der Waals surface area contributed by atoms with E-state index in [1.165, 1.54) is 16.2 Å². The molecule has 1 aromatic rings. The van der Waals surface area contributed by atoms with Crippen molar-refractivity contribution >= 4 is 32.6 Å². The summed E-state index contributed by atoms with van der Waals surface area (Å²) in [6.45, 7) is 0.209. The van der Waals surface area contributed by atoms with Gasteiger partial charge < -0.3 is 5.73 Å². The molecule has 0 spiro atoms. The van der Waals surface area contributed by atoms with Crippen LogP contribution in [0.15, 0.2) is 0 Å². The van der Waals surface area contributed by atoms with Crippen LogP contribution in [0.4, 0.5) is 9.02 Å². The van der Waals surface area contributed by atoms with Crippen LogP contribution in [0.3, 0.4) is 0 Å². The van der Waals surface area contributed by atoms with E-state index in [0.29, 0.717) is 5.13 Å². The van der Waals surface area contributed by atoms with Gasteiger partial charge in [-0.2, -0.15) is 8.42 Å². The van der Waals surface area contributed by atoms with Crippen LogP contribution in [0, 0.1) is 5.92 Å². The summed E-state index contributed by atoms with van der Waals surface area (Å²) in [5.74, 6) is -1.31. The Morgan fingerprint density at radius 1 is 1.43 bits per heavy atom. The van der Waals surface area contributed by atoms with Gasteiger partial charge in [0.25, 0.3) is 0 Å². The van der Waals surface area contributed by atoms with E-state index in [9.17, 15) is 17.1 Å². The summed E-state index contributed by atoms with van der Waals surface area (Å²) in [7, 11) is -4.56. The fourth-order valence-corrected chi connectivity index (χ4v) is 4.87. The molecule has 2 N–H and O–H groups in total. The molecule has 0 aromatic carbocycles. The minimum Gasteiger partial charge on any atom is -0.327 e. The highest BCUT2D eigenvalue weighted by Crippen LogP contribution is 2.34. The molecule has 2 aliphatic rings. The maximum Gasteiger partial charge on any atom is 0.302 e. The summed E-state index contributed by atoms with van der Waals surface area (Å²) in [5, 5.41) is 0.581. The van der Waals surface area contributed by atoms with Gasteiger partial charge in [0.15, 0.2) is 5.13 Å². The second-order valence-corrected chi connectivity index (χ2v) is 8.12. The first-order chi connectivity index (χ1) is 9.82. The van der Waals surface area contributed by atoms with E-state index in [1.807, 2.05) is 0 Å². The zero-order chi connectivity index (χ0) is 15.2. The van der Waals surface area contributed by atoms with Crippen molar-refractivity contribution in [1.29, 1.82) is 0 Å². The minimum atomic E-state index is -4.56. The SMILES string of the molecule is N[C@H]1CCc2nc(N3CC(CS(=O)(=O)F)CC3=O)sc2C1. The minimum absolute atomic E-state index is 0.0485. The van der Waals surface area contributed by atoms with Gasteiger partial charge in [-0.25, -0.2) is 4.98 Å². The van der Waals surface area contributed by atoms with Crippen molar-refractivity contribution in [3.8, 4) is 0 Å². The molecule has 21 heavy (non-hydrogen) atoms. The van der Waals surface area contributed by atoms with Crippen molar-refractivity contribution in [2.75, 3.05) is 17.2 Å². The quantitative estimate of drug-likeness (QED) is 0.818. The van der Waals surface area contributed by atoms with E-state index in [1.54, 1.807) is 0 Å². The fourth-order valence-electron chi connectivity index (χ4n) is 2.86. The molecule has 3 rings (SSSR count). The smallest absolute Gasteiger partial charge is 0.302 e. The molecule has 2 heterocycles. The van der Waals surface area contributed by atoms with E-state index in [2.05, 4.69) is 4.98 Å². The van der Waals surface area contributed by atoms with Gasteiger partial charge in [-0.15, -0.1) is 15.2 Å². The number of amides is 1. The van der Waals surface area contributed by atoms with Crippen molar-refractivity contribution in [3.05, 3.63) is 10.6 Å². The molecule has 1 saturated heterocycles. The van der Waals surface area contributed by atoms with Gasteiger partial charge in [-0.05, 0) is 19.3 Å². The van der Waals surface area contributed by atoms with Gasteiger partial charge in [-0.3, -0.25) is 9.69 Å². The molecule has 6 nitrogen and oxygen atoms in total. The van der Waals surface area contributed by atoms with Crippen molar-refractivity contribution in [2.24, 2.45) is 11.7 Å². The standard InChI is InChI=1S/C12H16FN3O3S2/c13-21(18,19)6-7-3-11(17)16(5-7)12-15-9-2-1-8(14)4-10(9)20-12/h7-8H,1-6,14H2/t7?,8-/m0/s1. The molecule has 0 bridgehead atoms. The third kappa shape index (κ3) is 3.24. The lowest BCUT2D eigenvalue weighted by Crippen LogP contribution is -2.27. The Balaban J connectivity index is 1.77. The topological polar surface area (TPSA) is 93.4 Å². The maximum absolute atomic E-state index is 12.7. The first kappa shape index (κ1) is 14.9. The van der Waals surface area contributed by atoms with Crippen LogP contribution in [-0.2, 0) is 27.9 Å². The Morgan fingerprint density at radius 2 is 2.19 bits per heavy atom. The second kappa shape index (κ2) is 5.29. The third-order valence-corrected chi connectivity index (χ3v) is 5.85. The lowest BCUT2D eigenvalue weighted by atomic mass is 9.99. The summed E-state index contributed by atoms with van der Waals surface area (Å²) < 4.78 is 34.2. The summed E-state index contributed by atoms with van der Waals surface area (Å²) in [5.41, 5.74) is 6.90. The Bertz CT molecular complexity index is 673. The Kier molecular flexibility index (Phi) is 3.74. The van der Waals surface area contributed by atoms with E-state index >= 15 is 0 Å². The van der Waals surface area contributed by atoms with Crippen LogP contribution < -0.4 is 10.6 Å². The maximum atomic E-state index is 12.7. The number of carbonyl (C=O) groups is 1. The van der Waals surface area contributed by atoms with E-state index in [-0.39, 0.29) is 24.9 Å². The van der Waals surface area contributed by atoms with Gasteiger partial charge in [0.1, 0.15) is 0 Å².